The Morgan fingerprint density at radius 1 is 1.73 bits per heavy atom. The third-order valence-electron chi connectivity index (χ3n) is 1.94. The second-order valence-electron chi connectivity index (χ2n) is 2.90. The van der Waals surface area contributed by atoms with E-state index in [1.807, 2.05) is 0 Å². The first-order valence-electron chi connectivity index (χ1n) is 3.38. The highest BCUT2D eigenvalue weighted by Crippen LogP contribution is 2.64. The molecule has 2 aliphatic rings. The lowest BCUT2D eigenvalue weighted by Crippen LogP contribution is -2.33. The number of aliphatic hydroxyl groups excluding tert-OH is 1. The van der Waals surface area contributed by atoms with Gasteiger partial charge in [0.2, 0.25) is 0 Å². The Bertz CT molecular complexity index is 185. The van der Waals surface area contributed by atoms with Gasteiger partial charge in [-0.15, -0.1) is 0 Å². The monoisotopic (exact) mass is 182 g/mol. The van der Waals surface area contributed by atoms with Crippen LogP contribution in [-0.2, 0) is 4.74 Å². The average Bonchev–Trinajstić information content (AvgIpc) is 2.51. The lowest BCUT2D eigenvalue weighted by molar-refractivity contribution is -0.0313. The summed E-state index contributed by atoms with van der Waals surface area (Å²) in [6.45, 7) is -1.30. The van der Waals surface area contributed by atoms with Crippen LogP contribution in [0.15, 0.2) is 0 Å². The zero-order valence-corrected chi connectivity index (χ0v) is 6.53. The maximum absolute atomic E-state index is 13.1. The molecule has 0 radical (unpaired) electrons. The Hall–Kier alpha value is 0.130. The molecular formula is C6H8F2O2S. The van der Waals surface area contributed by atoms with E-state index >= 15 is 0 Å². The molecule has 0 aromatic heterocycles. The number of halogens is 2. The van der Waals surface area contributed by atoms with Gasteiger partial charge in [0.15, 0.2) is 9.93 Å². The van der Waals surface area contributed by atoms with Gasteiger partial charge < -0.3 is 9.84 Å². The molecule has 1 saturated carbocycles. The number of ether oxygens (including phenoxy) is 1. The lowest BCUT2D eigenvalue weighted by Gasteiger charge is -2.22. The van der Waals surface area contributed by atoms with Crippen LogP contribution < -0.4 is 0 Å². The molecule has 0 unspecified atom stereocenters. The van der Waals surface area contributed by atoms with Crippen LogP contribution in [0.2, 0.25) is 0 Å². The van der Waals surface area contributed by atoms with Gasteiger partial charge >= 0.3 is 0 Å². The van der Waals surface area contributed by atoms with Crippen molar-refractivity contribution < 1.29 is 18.6 Å². The van der Waals surface area contributed by atoms with Crippen molar-refractivity contribution in [2.45, 2.75) is 22.5 Å². The smallest absolute Gasteiger partial charge is 0.187 e. The second kappa shape index (κ2) is 2.08. The first-order valence-corrected chi connectivity index (χ1v) is 4.19. The number of aliphatic hydroxyl groups is 1. The predicted molar refractivity (Wildman–Crippen MR) is 36.7 cm³/mol. The van der Waals surface area contributed by atoms with E-state index in [9.17, 15) is 8.78 Å². The average molecular weight is 182 g/mol. The van der Waals surface area contributed by atoms with Gasteiger partial charge in [-0.1, -0.05) is 11.8 Å². The number of rotatable bonds is 2. The summed E-state index contributed by atoms with van der Waals surface area (Å²) < 4.78 is 30.3. The van der Waals surface area contributed by atoms with Gasteiger partial charge in [-0.3, -0.25) is 0 Å². The van der Waals surface area contributed by atoms with Crippen LogP contribution in [0, 0.1) is 0 Å². The number of hydrogen-bond donors (Lipinski definition) is 1. The maximum atomic E-state index is 13.1. The van der Waals surface area contributed by atoms with Gasteiger partial charge in [-0.2, -0.15) is 0 Å². The van der Waals surface area contributed by atoms with Gasteiger partial charge in [0, 0.05) is 6.42 Å². The standard InChI is InChI=1S/C6H8F2O2S/c7-2-5(3-9)10-4-1-6(4,8)11-5/h4,9H,1-3H2/t4-,5-,6-/m0/s1. The summed E-state index contributed by atoms with van der Waals surface area (Å²) in [4.78, 5) is -1.31. The Kier molecular flexibility index (Phi) is 1.47. The van der Waals surface area contributed by atoms with Crippen LogP contribution in [0.1, 0.15) is 6.42 Å². The van der Waals surface area contributed by atoms with Gasteiger partial charge in [-0.25, -0.2) is 8.78 Å². The summed E-state index contributed by atoms with van der Waals surface area (Å²) in [5.41, 5.74) is 0. The third-order valence-corrected chi connectivity index (χ3v) is 3.42. The molecule has 0 aromatic carbocycles. The molecule has 2 fully saturated rings. The number of hydrogen-bond acceptors (Lipinski definition) is 3. The quantitative estimate of drug-likeness (QED) is 0.686. The molecule has 3 atom stereocenters. The Labute approximate surface area is 66.9 Å². The van der Waals surface area contributed by atoms with Crippen molar-refractivity contribution in [2.24, 2.45) is 0 Å². The van der Waals surface area contributed by atoms with Crippen LogP contribution >= 0.6 is 11.8 Å². The van der Waals surface area contributed by atoms with E-state index < -0.39 is 29.3 Å². The Morgan fingerprint density at radius 2 is 2.45 bits per heavy atom. The molecule has 1 aliphatic heterocycles. The molecule has 1 N–H and O–H groups in total. The molecular weight excluding hydrogens is 174 g/mol. The van der Waals surface area contributed by atoms with Crippen molar-refractivity contribution in [1.82, 2.24) is 0 Å². The van der Waals surface area contributed by atoms with E-state index in [4.69, 9.17) is 9.84 Å². The van der Waals surface area contributed by atoms with E-state index in [0.29, 0.717) is 6.42 Å². The van der Waals surface area contributed by atoms with Crippen LogP contribution in [0.4, 0.5) is 8.78 Å². The van der Waals surface area contributed by atoms with Crippen molar-refractivity contribution in [1.29, 1.82) is 0 Å². The van der Waals surface area contributed by atoms with E-state index in [-0.39, 0.29) is 0 Å². The zero-order valence-electron chi connectivity index (χ0n) is 5.72. The number of fused-ring (bicyclic) bond motifs is 1. The molecule has 0 bridgehead atoms. The van der Waals surface area contributed by atoms with Gasteiger partial charge in [0.25, 0.3) is 0 Å². The Morgan fingerprint density at radius 3 is 2.73 bits per heavy atom. The van der Waals surface area contributed by atoms with Gasteiger partial charge in [0.05, 0.1) is 6.61 Å². The predicted octanol–water partition coefficient (Wildman–Crippen LogP) is 0.846. The molecule has 0 spiro atoms. The number of thioether (sulfide) groups is 1. The summed E-state index contributed by atoms with van der Waals surface area (Å²) in [5.74, 6) is 0. The van der Waals surface area contributed by atoms with Crippen molar-refractivity contribution in [3.05, 3.63) is 0 Å². The molecule has 2 nitrogen and oxygen atoms in total. The highest BCUT2D eigenvalue weighted by molar-refractivity contribution is 8.02. The fourth-order valence-corrected chi connectivity index (χ4v) is 2.51. The molecule has 0 aromatic rings. The Balaban J connectivity index is 2.09. The first kappa shape index (κ1) is 7.76. The molecule has 5 heteroatoms. The van der Waals surface area contributed by atoms with E-state index in [2.05, 4.69) is 0 Å². The van der Waals surface area contributed by atoms with E-state index in [1.54, 1.807) is 0 Å². The van der Waals surface area contributed by atoms with Gasteiger partial charge in [0.1, 0.15) is 12.8 Å². The zero-order chi connectivity index (χ0) is 8.11. The van der Waals surface area contributed by atoms with Crippen LogP contribution in [0.5, 0.6) is 0 Å². The van der Waals surface area contributed by atoms with Crippen LogP contribution in [0.3, 0.4) is 0 Å². The minimum absolute atomic E-state index is 0.333. The molecule has 0 amide bonds. The highest BCUT2D eigenvalue weighted by atomic mass is 32.2. The summed E-state index contributed by atoms with van der Waals surface area (Å²) in [6, 6.07) is 0. The minimum atomic E-state index is -1.41. The summed E-state index contributed by atoms with van der Waals surface area (Å²) in [6.07, 6.45) is -0.158. The highest BCUT2D eigenvalue weighted by Gasteiger charge is 2.69. The van der Waals surface area contributed by atoms with Crippen LogP contribution in [0.25, 0.3) is 0 Å². The second-order valence-corrected chi connectivity index (χ2v) is 4.53. The van der Waals surface area contributed by atoms with Gasteiger partial charge in [-0.05, 0) is 0 Å². The molecule has 1 saturated heterocycles. The van der Waals surface area contributed by atoms with Crippen molar-refractivity contribution in [2.75, 3.05) is 13.3 Å². The fourth-order valence-electron chi connectivity index (χ4n) is 1.19. The van der Waals surface area contributed by atoms with Crippen LogP contribution in [-0.4, -0.2) is 34.4 Å². The fraction of sp³-hybridized carbons (Fsp3) is 1.00. The van der Waals surface area contributed by atoms with Crippen molar-refractivity contribution >= 4 is 11.8 Å². The molecule has 1 aliphatic carbocycles. The van der Waals surface area contributed by atoms with E-state index in [0.717, 1.165) is 11.8 Å². The van der Waals surface area contributed by atoms with Crippen molar-refractivity contribution in [3.8, 4) is 0 Å². The molecule has 2 rings (SSSR count). The molecule has 1 heterocycles. The summed E-state index contributed by atoms with van der Waals surface area (Å²) in [5, 5.41) is 7.31. The summed E-state index contributed by atoms with van der Waals surface area (Å²) >= 11 is 0.775. The van der Waals surface area contributed by atoms with E-state index in [1.165, 1.54) is 0 Å². The summed E-state index contributed by atoms with van der Waals surface area (Å²) in [7, 11) is 0. The topological polar surface area (TPSA) is 29.5 Å². The minimum Gasteiger partial charge on any atom is -0.392 e. The SMILES string of the molecule is OC[C@@]1(CF)O[C@H]2C[C@]2(F)S1. The van der Waals surface area contributed by atoms with Crippen molar-refractivity contribution in [3.63, 3.8) is 0 Å². The third kappa shape index (κ3) is 0.981. The first-order chi connectivity index (χ1) is 5.14. The molecule has 64 valence electrons. The lowest BCUT2D eigenvalue weighted by atomic mass is 10.4. The normalized spacial score (nSPS) is 54.3. The number of alkyl halides is 2. The maximum Gasteiger partial charge on any atom is 0.187 e. The molecule has 11 heavy (non-hydrogen) atoms. The largest absolute Gasteiger partial charge is 0.392 e.